The van der Waals surface area contributed by atoms with Crippen LogP contribution < -0.4 is 11.1 Å². The maximum atomic E-state index is 13.1. The van der Waals surface area contributed by atoms with Gasteiger partial charge >= 0.3 is 0 Å². The van der Waals surface area contributed by atoms with E-state index in [2.05, 4.69) is 20.3 Å². The lowest BCUT2D eigenvalue weighted by Gasteiger charge is -2.17. The molecule has 154 valence electrons. The zero-order valence-electron chi connectivity index (χ0n) is 16.4. The topological polar surface area (TPSA) is 131 Å². The molecule has 0 radical (unpaired) electrons. The highest BCUT2D eigenvalue weighted by atomic mass is 16.2. The van der Waals surface area contributed by atoms with E-state index in [1.54, 1.807) is 30.5 Å². The van der Waals surface area contributed by atoms with Crippen LogP contribution in [0.3, 0.4) is 0 Å². The second-order valence-corrected chi connectivity index (χ2v) is 6.95. The first kappa shape index (κ1) is 20.0. The molecule has 0 saturated carbocycles. The highest BCUT2D eigenvalue weighted by Gasteiger charge is 2.27. The predicted octanol–water partition coefficient (Wildman–Crippen LogP) is 2.02. The lowest BCUT2D eigenvalue weighted by atomic mass is 10.0. The van der Waals surface area contributed by atoms with Crippen LogP contribution in [-0.4, -0.2) is 38.6 Å². The van der Waals surface area contributed by atoms with E-state index in [-0.39, 0.29) is 12.0 Å². The van der Waals surface area contributed by atoms with E-state index in [4.69, 9.17) is 5.73 Å². The Labute approximate surface area is 177 Å². The fourth-order valence-corrected chi connectivity index (χ4v) is 3.31. The molecule has 2 heterocycles. The van der Waals surface area contributed by atoms with Gasteiger partial charge in [0.1, 0.15) is 11.7 Å². The van der Waals surface area contributed by atoms with Gasteiger partial charge in [0.15, 0.2) is 5.82 Å². The summed E-state index contributed by atoms with van der Waals surface area (Å²) in [5, 5.41) is 2.64. The van der Waals surface area contributed by atoms with Gasteiger partial charge in [-0.1, -0.05) is 42.5 Å². The zero-order valence-corrected chi connectivity index (χ0v) is 16.4. The van der Waals surface area contributed by atoms with Crippen molar-refractivity contribution in [2.24, 2.45) is 5.73 Å². The summed E-state index contributed by atoms with van der Waals surface area (Å²) in [6, 6.07) is 18.6. The molecule has 1 unspecified atom stereocenters. The monoisotopic (exact) mass is 413 g/mol. The Morgan fingerprint density at radius 3 is 2.45 bits per heavy atom. The van der Waals surface area contributed by atoms with Gasteiger partial charge in [-0.2, -0.15) is 0 Å². The Morgan fingerprint density at radius 1 is 0.968 bits per heavy atom. The molecule has 1 atom stereocenters. The van der Waals surface area contributed by atoms with Gasteiger partial charge in [-0.25, -0.2) is 4.98 Å². The minimum absolute atomic E-state index is 0.134. The molecule has 0 fully saturated rings. The smallest absolute Gasteiger partial charge is 0.287 e. The number of carbonyl (C=O) groups is 3. The number of imidazole rings is 1. The van der Waals surface area contributed by atoms with Crippen LogP contribution in [0.25, 0.3) is 22.6 Å². The summed E-state index contributed by atoms with van der Waals surface area (Å²) in [6.45, 7) is 0. The summed E-state index contributed by atoms with van der Waals surface area (Å²) in [6.07, 6.45) is 1.68. The average Bonchev–Trinajstić information content (AvgIpc) is 3.23. The van der Waals surface area contributed by atoms with Crippen LogP contribution in [0, 0.1) is 0 Å². The number of aromatic amines is 1. The highest BCUT2D eigenvalue weighted by molar-refractivity contribution is 6.38. The summed E-state index contributed by atoms with van der Waals surface area (Å²) in [5.74, 6) is -2.11. The van der Waals surface area contributed by atoms with Crippen molar-refractivity contribution in [1.82, 2.24) is 20.3 Å². The molecule has 8 nitrogen and oxygen atoms in total. The maximum absolute atomic E-state index is 13.1. The van der Waals surface area contributed by atoms with Crippen LogP contribution in [0.15, 0.2) is 72.9 Å². The van der Waals surface area contributed by atoms with Crippen molar-refractivity contribution >= 4 is 28.6 Å². The van der Waals surface area contributed by atoms with Crippen LogP contribution >= 0.6 is 0 Å². The number of rotatable bonds is 7. The quantitative estimate of drug-likeness (QED) is 0.399. The summed E-state index contributed by atoms with van der Waals surface area (Å²) in [4.78, 5) is 48.9. The Balaban J connectivity index is 1.65. The number of pyridine rings is 1. The molecule has 0 aliphatic heterocycles. The standard InChI is InChI=1S/C23H19N5O3/c24-21(30)20(29)18(13-14-7-2-1-3-8-14)28-23(31)15-9-6-12-25-19(15)22-26-16-10-4-5-11-17(16)27-22/h1-12,18H,13H2,(H2,24,30)(H,26,27)(H,28,31). The first-order valence-electron chi connectivity index (χ1n) is 9.61. The van der Waals surface area contributed by atoms with Gasteiger partial charge in [0.2, 0.25) is 5.78 Å². The number of primary amides is 1. The number of ketones is 1. The average molecular weight is 413 g/mol. The molecule has 0 aliphatic rings. The van der Waals surface area contributed by atoms with Crippen molar-refractivity contribution in [3.63, 3.8) is 0 Å². The second-order valence-electron chi connectivity index (χ2n) is 6.95. The molecule has 0 spiro atoms. The molecule has 0 aliphatic carbocycles. The number of Topliss-reactive ketones (excluding diaryl/α,β-unsaturated/α-hetero) is 1. The van der Waals surface area contributed by atoms with Gasteiger partial charge in [0.05, 0.1) is 16.6 Å². The van der Waals surface area contributed by atoms with E-state index in [0.29, 0.717) is 11.5 Å². The number of nitrogens with one attached hydrogen (secondary N) is 2. The first-order valence-corrected chi connectivity index (χ1v) is 9.61. The molecule has 2 aromatic carbocycles. The fraction of sp³-hybridized carbons (Fsp3) is 0.0870. The number of aromatic nitrogens is 3. The summed E-state index contributed by atoms with van der Waals surface area (Å²) < 4.78 is 0. The molecule has 31 heavy (non-hydrogen) atoms. The van der Waals surface area contributed by atoms with Crippen molar-refractivity contribution in [1.29, 1.82) is 0 Å². The molecule has 2 aromatic heterocycles. The van der Waals surface area contributed by atoms with Crippen molar-refractivity contribution < 1.29 is 14.4 Å². The number of hydrogen-bond donors (Lipinski definition) is 3. The lowest BCUT2D eigenvalue weighted by Crippen LogP contribution is -2.47. The van der Waals surface area contributed by atoms with Crippen LogP contribution in [0.4, 0.5) is 0 Å². The lowest BCUT2D eigenvalue weighted by molar-refractivity contribution is -0.137. The predicted molar refractivity (Wildman–Crippen MR) is 115 cm³/mol. The van der Waals surface area contributed by atoms with E-state index in [9.17, 15) is 14.4 Å². The third-order valence-corrected chi connectivity index (χ3v) is 4.81. The molecule has 0 saturated heterocycles. The molecule has 0 bridgehead atoms. The minimum Gasteiger partial charge on any atom is -0.363 e. The van der Waals surface area contributed by atoms with E-state index >= 15 is 0 Å². The second kappa shape index (κ2) is 8.58. The maximum Gasteiger partial charge on any atom is 0.287 e. The van der Waals surface area contributed by atoms with Gasteiger partial charge in [0, 0.05) is 12.6 Å². The number of hydrogen-bond acceptors (Lipinski definition) is 5. The van der Waals surface area contributed by atoms with Crippen molar-refractivity contribution in [3.8, 4) is 11.5 Å². The van der Waals surface area contributed by atoms with Crippen molar-refractivity contribution in [2.45, 2.75) is 12.5 Å². The third kappa shape index (κ3) is 4.32. The number of nitrogens with two attached hydrogens (primary N) is 1. The van der Waals surface area contributed by atoms with Crippen LogP contribution in [0.2, 0.25) is 0 Å². The van der Waals surface area contributed by atoms with E-state index < -0.39 is 23.6 Å². The van der Waals surface area contributed by atoms with Gasteiger partial charge in [-0.05, 0) is 29.8 Å². The number of amides is 2. The van der Waals surface area contributed by atoms with Crippen molar-refractivity contribution in [3.05, 3.63) is 84.1 Å². The van der Waals surface area contributed by atoms with Crippen LogP contribution in [0.1, 0.15) is 15.9 Å². The minimum atomic E-state index is -1.11. The van der Waals surface area contributed by atoms with Gasteiger partial charge in [-0.15, -0.1) is 0 Å². The molecule has 2 amide bonds. The molecule has 4 aromatic rings. The van der Waals surface area contributed by atoms with Gasteiger partial charge in [-0.3, -0.25) is 19.4 Å². The number of benzene rings is 2. The summed E-state index contributed by atoms with van der Waals surface area (Å²) in [7, 11) is 0. The normalized spacial score (nSPS) is 11.7. The van der Waals surface area contributed by atoms with Crippen LogP contribution in [0.5, 0.6) is 0 Å². The fourth-order valence-electron chi connectivity index (χ4n) is 3.31. The molecular weight excluding hydrogens is 394 g/mol. The third-order valence-electron chi connectivity index (χ3n) is 4.81. The molecular formula is C23H19N5O3. The summed E-state index contributed by atoms with van der Waals surface area (Å²) in [5.41, 5.74) is 8.08. The molecule has 4 rings (SSSR count). The zero-order chi connectivity index (χ0) is 21.8. The van der Waals surface area contributed by atoms with Gasteiger partial charge < -0.3 is 16.0 Å². The van der Waals surface area contributed by atoms with E-state index in [1.165, 1.54) is 0 Å². The molecule has 8 heteroatoms. The number of nitrogens with zero attached hydrogens (tertiary/aromatic N) is 2. The number of fused-ring (bicyclic) bond motifs is 1. The van der Waals surface area contributed by atoms with Crippen molar-refractivity contribution in [2.75, 3.05) is 0 Å². The Bertz CT molecular complexity index is 1230. The van der Waals surface area contributed by atoms with Gasteiger partial charge in [0.25, 0.3) is 11.8 Å². The number of para-hydroxylation sites is 2. The molecule has 4 N–H and O–H groups in total. The Kier molecular flexibility index (Phi) is 5.53. The highest BCUT2D eigenvalue weighted by Crippen LogP contribution is 2.22. The SMILES string of the molecule is NC(=O)C(=O)C(Cc1ccccc1)NC(=O)c1cccnc1-c1nc2ccccc2[nH]1. The number of carbonyl (C=O) groups excluding carboxylic acids is 3. The van der Waals surface area contributed by atoms with E-state index in [1.807, 2.05) is 42.5 Å². The Morgan fingerprint density at radius 2 is 1.71 bits per heavy atom. The summed E-state index contributed by atoms with van der Waals surface area (Å²) >= 11 is 0. The Hall–Kier alpha value is -4.33. The van der Waals surface area contributed by atoms with Crippen LogP contribution in [-0.2, 0) is 16.0 Å². The first-order chi connectivity index (χ1) is 15.0. The largest absolute Gasteiger partial charge is 0.363 e. The van der Waals surface area contributed by atoms with E-state index in [0.717, 1.165) is 16.6 Å². The number of H-pyrrole nitrogens is 1.